The van der Waals surface area contributed by atoms with E-state index in [-0.39, 0.29) is 0 Å². The fourth-order valence-electron chi connectivity index (χ4n) is 3.48. The molecule has 0 spiro atoms. The van der Waals surface area contributed by atoms with Crippen LogP contribution in [0, 0.1) is 20.8 Å². The van der Waals surface area contributed by atoms with Crippen LogP contribution in [-0.4, -0.2) is 42.9 Å². The molecule has 21 heavy (non-hydrogen) atoms. The van der Waals surface area contributed by atoms with Gasteiger partial charge in [-0.15, -0.1) is 0 Å². The summed E-state index contributed by atoms with van der Waals surface area (Å²) in [4.78, 5) is 2.19. The van der Waals surface area contributed by atoms with E-state index in [2.05, 4.69) is 44.9 Å². The zero-order valence-electron chi connectivity index (χ0n) is 13.9. The van der Waals surface area contributed by atoms with Crippen molar-refractivity contribution in [1.29, 1.82) is 0 Å². The molecule has 1 fully saturated rings. The molecular formula is C18H29NO2. The van der Waals surface area contributed by atoms with E-state index in [1.807, 2.05) is 0 Å². The van der Waals surface area contributed by atoms with E-state index in [1.165, 1.54) is 29.5 Å². The van der Waals surface area contributed by atoms with E-state index in [9.17, 15) is 5.11 Å². The number of aliphatic hydroxyl groups excluding tert-OH is 1. The molecule has 2 atom stereocenters. The van der Waals surface area contributed by atoms with E-state index < -0.39 is 6.10 Å². The summed E-state index contributed by atoms with van der Waals surface area (Å²) in [6.45, 7) is 8.72. The maximum atomic E-state index is 10.6. The fourth-order valence-corrected chi connectivity index (χ4v) is 3.48. The van der Waals surface area contributed by atoms with Crippen molar-refractivity contribution in [2.24, 2.45) is 0 Å². The van der Waals surface area contributed by atoms with E-state index in [4.69, 9.17) is 4.74 Å². The van der Waals surface area contributed by atoms with Crippen LogP contribution in [0.2, 0.25) is 0 Å². The summed E-state index contributed by atoms with van der Waals surface area (Å²) in [7, 11) is 2.07. The number of ether oxygens (including phenoxy) is 1. The lowest BCUT2D eigenvalue weighted by Gasteiger charge is -2.29. The number of hydrogen-bond donors (Lipinski definition) is 1. The van der Waals surface area contributed by atoms with Gasteiger partial charge in [-0.1, -0.05) is 17.7 Å². The molecule has 1 aliphatic heterocycles. The standard InChI is InChI=1S/C18H29NO2/c1-13-9-14(2)18(15(3)10-13)17(20)12-19(4)11-16-7-5-6-8-21-16/h9-10,16-17,20H,5-8,11-12H2,1-4H3. The van der Waals surface area contributed by atoms with Gasteiger partial charge in [0.1, 0.15) is 0 Å². The van der Waals surface area contributed by atoms with E-state index in [0.717, 1.165) is 25.1 Å². The summed E-state index contributed by atoms with van der Waals surface area (Å²) < 4.78 is 5.78. The van der Waals surface area contributed by atoms with Crippen molar-refractivity contribution in [3.63, 3.8) is 0 Å². The number of benzene rings is 1. The Hall–Kier alpha value is -0.900. The quantitative estimate of drug-likeness (QED) is 0.904. The van der Waals surface area contributed by atoms with E-state index in [1.54, 1.807) is 0 Å². The lowest BCUT2D eigenvalue weighted by molar-refractivity contribution is -0.00801. The molecule has 2 unspecified atom stereocenters. The number of likely N-dealkylation sites (N-methyl/N-ethyl adjacent to an activating group) is 1. The molecule has 0 aliphatic carbocycles. The highest BCUT2D eigenvalue weighted by atomic mass is 16.5. The van der Waals surface area contributed by atoms with Crippen LogP contribution in [0.5, 0.6) is 0 Å². The highest BCUT2D eigenvalue weighted by molar-refractivity contribution is 5.39. The highest BCUT2D eigenvalue weighted by Gasteiger charge is 2.20. The molecule has 1 aromatic carbocycles. The molecule has 118 valence electrons. The molecule has 0 bridgehead atoms. The van der Waals surface area contributed by atoms with Crippen molar-refractivity contribution in [3.8, 4) is 0 Å². The average molecular weight is 291 g/mol. The lowest BCUT2D eigenvalue weighted by atomic mass is 9.95. The van der Waals surface area contributed by atoms with Crippen LogP contribution >= 0.6 is 0 Å². The highest BCUT2D eigenvalue weighted by Crippen LogP contribution is 2.24. The molecule has 1 N–H and O–H groups in total. The van der Waals surface area contributed by atoms with Gasteiger partial charge in [0.05, 0.1) is 12.2 Å². The van der Waals surface area contributed by atoms with Crippen molar-refractivity contribution < 1.29 is 9.84 Å². The third-order valence-electron chi connectivity index (χ3n) is 4.35. The molecular weight excluding hydrogens is 262 g/mol. The van der Waals surface area contributed by atoms with Gasteiger partial charge < -0.3 is 14.7 Å². The maximum absolute atomic E-state index is 10.6. The fraction of sp³-hybridized carbons (Fsp3) is 0.667. The van der Waals surface area contributed by atoms with Gasteiger partial charge in [-0.05, 0) is 63.8 Å². The topological polar surface area (TPSA) is 32.7 Å². The molecule has 0 aromatic heterocycles. The number of nitrogens with zero attached hydrogens (tertiary/aromatic N) is 1. The predicted molar refractivity (Wildman–Crippen MR) is 86.7 cm³/mol. The second-order valence-electron chi connectivity index (χ2n) is 6.54. The van der Waals surface area contributed by atoms with Crippen molar-refractivity contribution in [3.05, 3.63) is 34.4 Å². The second kappa shape index (κ2) is 7.39. The number of aliphatic hydroxyl groups is 1. The molecule has 1 aliphatic rings. The minimum Gasteiger partial charge on any atom is -0.387 e. The Morgan fingerprint density at radius 3 is 2.48 bits per heavy atom. The normalized spacial score (nSPS) is 20.8. The van der Waals surface area contributed by atoms with Gasteiger partial charge in [0, 0.05) is 19.7 Å². The van der Waals surface area contributed by atoms with Crippen LogP contribution in [-0.2, 0) is 4.74 Å². The molecule has 1 heterocycles. The summed E-state index contributed by atoms with van der Waals surface area (Å²) in [6.07, 6.45) is 3.49. The Balaban J connectivity index is 1.95. The van der Waals surface area contributed by atoms with Crippen LogP contribution in [0.1, 0.15) is 47.6 Å². The van der Waals surface area contributed by atoms with Crippen LogP contribution in [0.3, 0.4) is 0 Å². The van der Waals surface area contributed by atoms with Gasteiger partial charge in [0.2, 0.25) is 0 Å². The van der Waals surface area contributed by atoms with Crippen molar-refractivity contribution in [2.45, 2.75) is 52.2 Å². The zero-order chi connectivity index (χ0) is 15.4. The molecule has 0 amide bonds. The van der Waals surface area contributed by atoms with Gasteiger partial charge in [-0.3, -0.25) is 0 Å². The average Bonchev–Trinajstić information content (AvgIpc) is 2.38. The summed E-state index contributed by atoms with van der Waals surface area (Å²) in [5.41, 5.74) is 4.70. The summed E-state index contributed by atoms with van der Waals surface area (Å²) >= 11 is 0. The van der Waals surface area contributed by atoms with E-state index in [0.29, 0.717) is 12.6 Å². The third-order valence-corrected chi connectivity index (χ3v) is 4.35. The molecule has 2 rings (SSSR count). The Kier molecular flexibility index (Phi) is 5.80. The minimum atomic E-state index is -0.431. The molecule has 3 heteroatoms. The van der Waals surface area contributed by atoms with Crippen LogP contribution in [0.4, 0.5) is 0 Å². The Morgan fingerprint density at radius 2 is 1.90 bits per heavy atom. The van der Waals surface area contributed by atoms with Crippen molar-refractivity contribution in [1.82, 2.24) is 4.90 Å². The van der Waals surface area contributed by atoms with Crippen LogP contribution < -0.4 is 0 Å². The molecule has 3 nitrogen and oxygen atoms in total. The van der Waals surface area contributed by atoms with Gasteiger partial charge in [-0.2, -0.15) is 0 Å². The van der Waals surface area contributed by atoms with Crippen molar-refractivity contribution in [2.75, 3.05) is 26.7 Å². The number of aryl methyl sites for hydroxylation is 3. The first-order chi connectivity index (χ1) is 9.97. The first-order valence-corrected chi connectivity index (χ1v) is 8.03. The van der Waals surface area contributed by atoms with Crippen LogP contribution in [0.15, 0.2) is 12.1 Å². The van der Waals surface area contributed by atoms with Gasteiger partial charge in [-0.25, -0.2) is 0 Å². The second-order valence-corrected chi connectivity index (χ2v) is 6.54. The SMILES string of the molecule is Cc1cc(C)c(C(O)CN(C)CC2CCCCO2)c(C)c1. The monoisotopic (exact) mass is 291 g/mol. The molecule has 0 saturated carbocycles. The number of hydrogen-bond acceptors (Lipinski definition) is 3. The summed E-state index contributed by atoms with van der Waals surface area (Å²) in [5.74, 6) is 0. The Bertz CT molecular complexity index is 443. The zero-order valence-corrected chi connectivity index (χ0v) is 13.9. The smallest absolute Gasteiger partial charge is 0.0921 e. The number of rotatable bonds is 5. The predicted octanol–water partition coefficient (Wildman–Crippen LogP) is 3.15. The first kappa shape index (κ1) is 16.5. The first-order valence-electron chi connectivity index (χ1n) is 8.03. The van der Waals surface area contributed by atoms with Gasteiger partial charge in [0.25, 0.3) is 0 Å². The Morgan fingerprint density at radius 1 is 1.24 bits per heavy atom. The minimum absolute atomic E-state index is 0.330. The summed E-state index contributed by atoms with van der Waals surface area (Å²) in [5, 5.41) is 10.6. The Labute approximate surface area is 128 Å². The van der Waals surface area contributed by atoms with Gasteiger partial charge in [0.15, 0.2) is 0 Å². The summed E-state index contributed by atoms with van der Waals surface area (Å²) in [6, 6.07) is 4.30. The van der Waals surface area contributed by atoms with Crippen LogP contribution in [0.25, 0.3) is 0 Å². The maximum Gasteiger partial charge on any atom is 0.0921 e. The molecule has 0 radical (unpaired) electrons. The molecule has 1 aromatic rings. The third kappa shape index (κ3) is 4.53. The largest absolute Gasteiger partial charge is 0.387 e. The van der Waals surface area contributed by atoms with Gasteiger partial charge >= 0.3 is 0 Å². The lowest BCUT2D eigenvalue weighted by Crippen LogP contribution is -2.35. The molecule has 1 saturated heterocycles. The van der Waals surface area contributed by atoms with Crippen molar-refractivity contribution >= 4 is 0 Å². The van der Waals surface area contributed by atoms with E-state index >= 15 is 0 Å².